The number of hydrogen-bond acceptors (Lipinski definition) is 3. The summed E-state index contributed by atoms with van der Waals surface area (Å²) >= 11 is 5.61. The number of H-pyrrole nitrogens is 1. The number of furan rings is 1. The fourth-order valence-corrected chi connectivity index (χ4v) is 4.11. The van der Waals surface area contributed by atoms with Crippen LogP contribution in [-0.2, 0) is 19.4 Å². The van der Waals surface area contributed by atoms with Crippen LogP contribution in [0.4, 0.5) is 0 Å². The van der Waals surface area contributed by atoms with Gasteiger partial charge in [0.15, 0.2) is 0 Å². The van der Waals surface area contributed by atoms with E-state index in [2.05, 4.69) is 29.4 Å². The van der Waals surface area contributed by atoms with E-state index in [0.29, 0.717) is 22.7 Å². The van der Waals surface area contributed by atoms with E-state index < -0.39 is 0 Å². The smallest absolute Gasteiger partial charge is 0.254 e. The number of pyridine rings is 1. The molecule has 2 N–H and O–H groups in total. The van der Waals surface area contributed by atoms with Gasteiger partial charge in [0.1, 0.15) is 10.4 Å². The third-order valence-electron chi connectivity index (χ3n) is 5.17. The average Bonchev–Trinajstić information content (AvgIpc) is 3.19. The van der Waals surface area contributed by atoms with E-state index in [4.69, 9.17) is 16.6 Å². The number of nitrogens with one attached hydrogen (secondary N) is 2. The Hall–Kier alpha value is -2.66. The van der Waals surface area contributed by atoms with E-state index in [0.717, 1.165) is 41.8 Å². The molecule has 0 saturated carbocycles. The van der Waals surface area contributed by atoms with Crippen molar-refractivity contribution in [3.8, 4) is 11.3 Å². The Bertz CT molecular complexity index is 1010. The van der Waals surface area contributed by atoms with Gasteiger partial charge < -0.3 is 14.7 Å². The molecule has 138 valence electrons. The third-order valence-corrected chi connectivity index (χ3v) is 5.47. The van der Waals surface area contributed by atoms with Crippen LogP contribution in [0.25, 0.3) is 11.3 Å². The van der Waals surface area contributed by atoms with Crippen molar-refractivity contribution in [2.75, 3.05) is 0 Å². The zero-order valence-electron chi connectivity index (χ0n) is 15.2. The number of carbonyl (C=O) groups excluding carboxylic acids is 1. The van der Waals surface area contributed by atoms with Crippen molar-refractivity contribution in [2.45, 2.75) is 32.7 Å². The Morgan fingerprint density at radius 3 is 2.78 bits per heavy atom. The van der Waals surface area contributed by atoms with Crippen LogP contribution in [0.5, 0.6) is 0 Å². The Kier molecular flexibility index (Phi) is 4.94. The van der Waals surface area contributed by atoms with Crippen molar-refractivity contribution >= 4 is 18.1 Å². The summed E-state index contributed by atoms with van der Waals surface area (Å²) in [7, 11) is 0. The minimum absolute atomic E-state index is 0.141. The molecule has 4 nitrogen and oxygen atoms in total. The van der Waals surface area contributed by atoms with E-state index in [1.165, 1.54) is 5.56 Å². The molecule has 0 radical (unpaired) electrons. The Morgan fingerprint density at radius 2 is 2.04 bits per heavy atom. The second-order valence-electron chi connectivity index (χ2n) is 7.14. The van der Waals surface area contributed by atoms with Crippen LogP contribution in [0.1, 0.15) is 40.6 Å². The first-order chi connectivity index (χ1) is 13.1. The van der Waals surface area contributed by atoms with E-state index in [1.807, 2.05) is 30.3 Å². The molecule has 1 amide bonds. The average molecular weight is 378 g/mol. The molecule has 0 aliphatic heterocycles. The van der Waals surface area contributed by atoms with E-state index in [9.17, 15) is 4.79 Å². The molecule has 1 aliphatic carbocycles. The largest absolute Gasteiger partial charge is 0.467 e. The topological polar surface area (TPSA) is 58.0 Å². The molecule has 0 spiro atoms. The monoisotopic (exact) mass is 378 g/mol. The number of aromatic nitrogens is 1. The first-order valence-corrected chi connectivity index (χ1v) is 9.68. The molecule has 2 heterocycles. The quantitative estimate of drug-likeness (QED) is 0.624. The lowest BCUT2D eigenvalue weighted by Gasteiger charge is -2.26. The van der Waals surface area contributed by atoms with Crippen LogP contribution in [0.2, 0.25) is 0 Å². The van der Waals surface area contributed by atoms with Crippen molar-refractivity contribution in [3.63, 3.8) is 0 Å². The highest BCUT2D eigenvalue weighted by Gasteiger charge is 2.26. The highest BCUT2D eigenvalue weighted by molar-refractivity contribution is 7.71. The summed E-state index contributed by atoms with van der Waals surface area (Å²) in [6.07, 6.45) is 4.54. The molecule has 0 unspecified atom stereocenters. The molecule has 1 aromatic carbocycles. The van der Waals surface area contributed by atoms with Gasteiger partial charge in [-0.2, -0.15) is 0 Å². The normalized spacial score (nSPS) is 16.0. The summed E-state index contributed by atoms with van der Waals surface area (Å²) in [6, 6.07) is 13.9. The van der Waals surface area contributed by atoms with Crippen molar-refractivity contribution in [1.29, 1.82) is 0 Å². The minimum Gasteiger partial charge on any atom is -0.467 e. The second kappa shape index (κ2) is 7.53. The molecule has 5 heteroatoms. The second-order valence-corrected chi connectivity index (χ2v) is 7.55. The molecular formula is C22H22N2O2S. The van der Waals surface area contributed by atoms with Gasteiger partial charge in [-0.25, -0.2) is 0 Å². The third kappa shape index (κ3) is 3.60. The van der Waals surface area contributed by atoms with E-state index in [1.54, 1.807) is 6.26 Å². The summed E-state index contributed by atoms with van der Waals surface area (Å²) in [4.78, 5) is 16.3. The van der Waals surface area contributed by atoms with Crippen LogP contribution >= 0.6 is 12.2 Å². The van der Waals surface area contributed by atoms with Crippen LogP contribution in [0, 0.1) is 10.6 Å². The van der Waals surface area contributed by atoms with Gasteiger partial charge >= 0.3 is 0 Å². The van der Waals surface area contributed by atoms with Crippen LogP contribution in [-0.4, -0.2) is 10.9 Å². The first kappa shape index (κ1) is 17.7. The lowest BCUT2D eigenvalue weighted by atomic mass is 9.81. The number of rotatable bonds is 4. The van der Waals surface area contributed by atoms with Crippen LogP contribution < -0.4 is 5.32 Å². The van der Waals surface area contributed by atoms with Gasteiger partial charge in [0.25, 0.3) is 5.91 Å². The van der Waals surface area contributed by atoms with Crippen LogP contribution in [0.3, 0.4) is 0 Å². The van der Waals surface area contributed by atoms with Gasteiger partial charge in [0.05, 0.1) is 18.4 Å². The maximum Gasteiger partial charge on any atom is 0.254 e. The standard InChI is InChI=1S/C22H22N2O2S/c1-14-9-10-17-18(12-14)19(21(25)23-13-16-8-5-11-26-16)22(27)24-20(17)15-6-3-2-4-7-15/h2-8,11,14H,9-10,12-13H2,1H3,(H,23,25)(H,24,27)/t14-/m1/s1. The molecule has 0 saturated heterocycles. The van der Waals surface area contributed by atoms with Crippen molar-refractivity contribution in [3.05, 3.63) is 75.8 Å². The lowest BCUT2D eigenvalue weighted by molar-refractivity contribution is 0.0945. The highest BCUT2D eigenvalue weighted by Crippen LogP contribution is 2.34. The number of hydrogen-bond donors (Lipinski definition) is 2. The Labute approximate surface area is 163 Å². The molecule has 27 heavy (non-hydrogen) atoms. The number of carbonyl (C=O) groups is 1. The number of aromatic amines is 1. The van der Waals surface area contributed by atoms with Crippen molar-refractivity contribution in [2.24, 2.45) is 5.92 Å². The summed E-state index contributed by atoms with van der Waals surface area (Å²) in [5.41, 5.74) is 5.07. The zero-order chi connectivity index (χ0) is 18.8. The van der Waals surface area contributed by atoms with E-state index in [-0.39, 0.29) is 5.91 Å². The maximum atomic E-state index is 12.9. The van der Waals surface area contributed by atoms with Gasteiger partial charge in [-0.1, -0.05) is 49.5 Å². The molecule has 4 rings (SSSR count). The SMILES string of the molecule is C[C@@H]1CCc2c(-c3ccccc3)[nH]c(=S)c(C(=O)NCc3ccco3)c2C1. The molecule has 1 atom stereocenters. The summed E-state index contributed by atoms with van der Waals surface area (Å²) in [5.74, 6) is 1.12. The minimum atomic E-state index is -0.141. The molecule has 3 aromatic rings. The first-order valence-electron chi connectivity index (χ1n) is 9.27. The summed E-state index contributed by atoms with van der Waals surface area (Å²) in [5, 5.41) is 2.95. The summed E-state index contributed by atoms with van der Waals surface area (Å²) in [6.45, 7) is 2.58. The molecule has 0 fully saturated rings. The number of fused-ring (bicyclic) bond motifs is 1. The molecule has 0 bridgehead atoms. The number of amides is 1. The summed E-state index contributed by atoms with van der Waals surface area (Å²) < 4.78 is 5.81. The fourth-order valence-electron chi connectivity index (χ4n) is 3.79. The molecule has 2 aromatic heterocycles. The van der Waals surface area contributed by atoms with Crippen molar-refractivity contribution in [1.82, 2.24) is 10.3 Å². The van der Waals surface area contributed by atoms with Gasteiger partial charge in [-0.05, 0) is 54.0 Å². The van der Waals surface area contributed by atoms with Gasteiger partial charge in [-0.3, -0.25) is 4.79 Å². The zero-order valence-corrected chi connectivity index (χ0v) is 16.1. The predicted octanol–water partition coefficient (Wildman–Crippen LogP) is 5.06. The van der Waals surface area contributed by atoms with Gasteiger partial charge in [0.2, 0.25) is 0 Å². The maximum absolute atomic E-state index is 12.9. The van der Waals surface area contributed by atoms with Crippen LogP contribution in [0.15, 0.2) is 53.1 Å². The highest BCUT2D eigenvalue weighted by atomic mass is 32.1. The Morgan fingerprint density at radius 1 is 1.22 bits per heavy atom. The molecular weight excluding hydrogens is 356 g/mol. The van der Waals surface area contributed by atoms with Crippen molar-refractivity contribution < 1.29 is 9.21 Å². The lowest BCUT2D eigenvalue weighted by Crippen LogP contribution is -2.27. The van der Waals surface area contributed by atoms with E-state index >= 15 is 0 Å². The molecule has 1 aliphatic rings. The Balaban J connectivity index is 1.76. The predicted molar refractivity (Wildman–Crippen MR) is 108 cm³/mol. The van der Waals surface area contributed by atoms with Gasteiger partial charge in [-0.15, -0.1) is 0 Å². The fraction of sp³-hybridized carbons (Fsp3) is 0.273. The van der Waals surface area contributed by atoms with Gasteiger partial charge in [0, 0.05) is 5.69 Å². The number of benzene rings is 1.